The van der Waals surface area contributed by atoms with Crippen LogP contribution in [0.1, 0.15) is 17.7 Å². The van der Waals surface area contributed by atoms with Gasteiger partial charge in [-0.05, 0) is 13.3 Å². The van der Waals surface area contributed by atoms with Gasteiger partial charge in [0.15, 0.2) is 0 Å². The van der Waals surface area contributed by atoms with E-state index in [0.29, 0.717) is 13.0 Å². The van der Waals surface area contributed by atoms with Gasteiger partial charge in [0, 0.05) is 31.5 Å². The molecule has 0 aliphatic rings. The van der Waals surface area contributed by atoms with Crippen LogP contribution < -0.4 is 4.72 Å². The molecule has 0 saturated carbocycles. The van der Waals surface area contributed by atoms with E-state index in [4.69, 9.17) is 4.74 Å². The van der Waals surface area contributed by atoms with Crippen LogP contribution in [0.15, 0.2) is 6.20 Å². The molecule has 0 spiro atoms. The lowest BCUT2D eigenvalue weighted by Crippen LogP contribution is -2.26. The summed E-state index contributed by atoms with van der Waals surface area (Å²) in [5.41, 5.74) is 1.73. The summed E-state index contributed by atoms with van der Waals surface area (Å²) in [6.07, 6.45) is 2.11. The van der Waals surface area contributed by atoms with Crippen LogP contribution in [-0.2, 0) is 21.3 Å². The van der Waals surface area contributed by atoms with Gasteiger partial charge in [-0.2, -0.15) is 5.10 Å². The minimum atomic E-state index is -3.22. The van der Waals surface area contributed by atoms with Crippen LogP contribution in [0.5, 0.6) is 0 Å². The molecule has 0 atom stereocenters. The van der Waals surface area contributed by atoms with Crippen LogP contribution in [-0.4, -0.2) is 38.1 Å². The third kappa shape index (κ3) is 4.30. The predicted molar refractivity (Wildman–Crippen MR) is 60.4 cm³/mol. The average molecular weight is 247 g/mol. The molecule has 0 saturated heterocycles. The quantitative estimate of drug-likeness (QED) is 0.673. The van der Waals surface area contributed by atoms with Crippen molar-refractivity contribution in [1.29, 1.82) is 0 Å². The highest BCUT2D eigenvalue weighted by Gasteiger charge is 2.10. The van der Waals surface area contributed by atoms with Crippen molar-refractivity contribution in [1.82, 2.24) is 14.9 Å². The number of nitrogens with one attached hydrogen (secondary N) is 2. The molecule has 0 bridgehead atoms. The van der Waals surface area contributed by atoms with Gasteiger partial charge < -0.3 is 4.74 Å². The van der Waals surface area contributed by atoms with E-state index in [2.05, 4.69) is 14.9 Å². The molecule has 0 radical (unpaired) electrons. The molecule has 1 aromatic rings. The number of methoxy groups -OCH3 is 1. The molecule has 7 heteroatoms. The number of aryl methyl sites for hydroxylation is 1. The van der Waals surface area contributed by atoms with Crippen molar-refractivity contribution < 1.29 is 13.2 Å². The Morgan fingerprint density at radius 2 is 2.31 bits per heavy atom. The van der Waals surface area contributed by atoms with Gasteiger partial charge in [0.1, 0.15) is 0 Å². The number of ether oxygens (including phenoxy) is 1. The zero-order chi connectivity index (χ0) is 12.0. The zero-order valence-corrected chi connectivity index (χ0v) is 10.3. The van der Waals surface area contributed by atoms with Gasteiger partial charge in [0.05, 0.1) is 11.9 Å². The fourth-order valence-corrected chi connectivity index (χ4v) is 2.22. The van der Waals surface area contributed by atoms with Crippen LogP contribution >= 0.6 is 0 Å². The Morgan fingerprint density at radius 3 is 2.88 bits per heavy atom. The third-order valence-corrected chi connectivity index (χ3v) is 3.59. The molecule has 0 fully saturated rings. The van der Waals surface area contributed by atoms with Crippen molar-refractivity contribution in [3.8, 4) is 0 Å². The van der Waals surface area contributed by atoms with Gasteiger partial charge in [-0.15, -0.1) is 0 Å². The van der Waals surface area contributed by atoms with Gasteiger partial charge in [0.25, 0.3) is 0 Å². The van der Waals surface area contributed by atoms with E-state index in [9.17, 15) is 8.42 Å². The lowest BCUT2D eigenvalue weighted by Gasteiger charge is -2.05. The standard InChI is InChI=1S/C9H17N3O3S/c1-8-9(6-10-12-8)7-11-16(13,14)5-3-4-15-2/h6,11H,3-5,7H2,1-2H3,(H,10,12). The number of rotatable bonds is 7. The zero-order valence-electron chi connectivity index (χ0n) is 9.49. The Hall–Kier alpha value is -0.920. The lowest BCUT2D eigenvalue weighted by molar-refractivity contribution is 0.199. The van der Waals surface area contributed by atoms with E-state index < -0.39 is 10.0 Å². The van der Waals surface area contributed by atoms with Crippen molar-refractivity contribution >= 4 is 10.0 Å². The van der Waals surface area contributed by atoms with E-state index in [1.54, 1.807) is 13.3 Å². The summed E-state index contributed by atoms with van der Waals surface area (Å²) in [6, 6.07) is 0. The Labute approximate surface area is 95.4 Å². The largest absolute Gasteiger partial charge is 0.385 e. The number of aromatic amines is 1. The number of H-pyrrole nitrogens is 1. The fraction of sp³-hybridized carbons (Fsp3) is 0.667. The van der Waals surface area contributed by atoms with Gasteiger partial charge >= 0.3 is 0 Å². The SMILES string of the molecule is COCCCS(=O)(=O)NCc1cn[nH]c1C. The fourth-order valence-electron chi connectivity index (χ4n) is 1.21. The molecular weight excluding hydrogens is 230 g/mol. The van der Waals surface area contributed by atoms with Gasteiger partial charge in [-0.1, -0.05) is 0 Å². The second-order valence-corrected chi connectivity index (χ2v) is 5.43. The number of hydrogen-bond acceptors (Lipinski definition) is 4. The number of aromatic nitrogens is 2. The molecule has 0 aliphatic heterocycles. The first-order valence-electron chi connectivity index (χ1n) is 5.00. The highest BCUT2D eigenvalue weighted by atomic mass is 32.2. The molecule has 1 aromatic heterocycles. The first-order valence-corrected chi connectivity index (χ1v) is 6.65. The third-order valence-electron chi connectivity index (χ3n) is 2.18. The summed E-state index contributed by atoms with van der Waals surface area (Å²) in [5, 5.41) is 6.57. The Kier molecular flexibility index (Phi) is 4.91. The predicted octanol–water partition coefficient (Wildman–Crippen LogP) is 0.174. The monoisotopic (exact) mass is 247 g/mol. The molecule has 6 nitrogen and oxygen atoms in total. The van der Waals surface area contributed by atoms with Crippen LogP contribution in [0, 0.1) is 6.92 Å². The summed E-state index contributed by atoms with van der Waals surface area (Å²) in [7, 11) is -1.67. The van der Waals surface area contributed by atoms with Crippen LogP contribution in [0.3, 0.4) is 0 Å². The second kappa shape index (κ2) is 5.97. The summed E-state index contributed by atoms with van der Waals surface area (Å²) in [4.78, 5) is 0. The number of sulfonamides is 1. The topological polar surface area (TPSA) is 84.1 Å². The minimum Gasteiger partial charge on any atom is -0.385 e. The first kappa shape index (κ1) is 13.1. The Morgan fingerprint density at radius 1 is 1.56 bits per heavy atom. The highest BCUT2D eigenvalue weighted by Crippen LogP contribution is 2.02. The maximum Gasteiger partial charge on any atom is 0.211 e. The highest BCUT2D eigenvalue weighted by molar-refractivity contribution is 7.89. The van der Waals surface area contributed by atoms with E-state index in [-0.39, 0.29) is 12.3 Å². The Balaban J connectivity index is 2.39. The number of nitrogens with zero attached hydrogens (tertiary/aromatic N) is 1. The van der Waals surface area contributed by atoms with Crippen molar-refractivity contribution in [2.75, 3.05) is 19.5 Å². The molecular formula is C9H17N3O3S. The minimum absolute atomic E-state index is 0.0811. The van der Waals surface area contributed by atoms with Crippen LogP contribution in [0.25, 0.3) is 0 Å². The maximum atomic E-state index is 11.5. The normalized spacial score (nSPS) is 11.9. The van der Waals surface area contributed by atoms with E-state index in [1.165, 1.54) is 0 Å². The molecule has 1 rings (SSSR count). The molecule has 16 heavy (non-hydrogen) atoms. The molecule has 0 unspecified atom stereocenters. The van der Waals surface area contributed by atoms with Crippen LogP contribution in [0.2, 0.25) is 0 Å². The van der Waals surface area contributed by atoms with Gasteiger partial charge in [0.2, 0.25) is 10.0 Å². The molecule has 0 aliphatic carbocycles. The average Bonchev–Trinajstić information content (AvgIpc) is 2.62. The second-order valence-electron chi connectivity index (χ2n) is 3.51. The molecule has 0 amide bonds. The van der Waals surface area contributed by atoms with Crippen molar-refractivity contribution in [3.05, 3.63) is 17.5 Å². The summed E-state index contributed by atoms with van der Waals surface area (Å²) in [6.45, 7) is 2.57. The molecule has 1 heterocycles. The van der Waals surface area contributed by atoms with E-state index >= 15 is 0 Å². The van der Waals surface area contributed by atoms with Crippen molar-refractivity contribution in [3.63, 3.8) is 0 Å². The van der Waals surface area contributed by atoms with Crippen LogP contribution in [0.4, 0.5) is 0 Å². The lowest BCUT2D eigenvalue weighted by atomic mass is 10.3. The summed E-state index contributed by atoms with van der Waals surface area (Å²) in [5.74, 6) is 0.0811. The van der Waals surface area contributed by atoms with Crippen molar-refractivity contribution in [2.45, 2.75) is 19.9 Å². The van der Waals surface area contributed by atoms with Gasteiger partial charge in [-0.3, -0.25) is 5.10 Å². The molecule has 92 valence electrons. The summed E-state index contributed by atoms with van der Waals surface area (Å²) >= 11 is 0. The van der Waals surface area contributed by atoms with E-state index in [1.807, 2.05) is 6.92 Å². The van der Waals surface area contributed by atoms with Crippen molar-refractivity contribution in [2.24, 2.45) is 0 Å². The van der Waals surface area contributed by atoms with E-state index in [0.717, 1.165) is 11.3 Å². The number of hydrogen-bond donors (Lipinski definition) is 2. The smallest absolute Gasteiger partial charge is 0.211 e. The van der Waals surface area contributed by atoms with Gasteiger partial charge in [-0.25, -0.2) is 13.1 Å². The summed E-state index contributed by atoms with van der Waals surface area (Å²) < 4.78 is 30.3. The Bertz CT molecular complexity index is 413. The first-order chi connectivity index (χ1) is 7.55. The molecule has 2 N–H and O–H groups in total. The molecule has 0 aromatic carbocycles. The maximum absolute atomic E-state index is 11.5.